The van der Waals surface area contributed by atoms with Crippen molar-refractivity contribution in [3.63, 3.8) is 0 Å². The SMILES string of the molecule is Cc1ccccc1C1(CNC(=O)Cc2cccc(C(=O)O)c2)CC1. The number of carbonyl (C=O) groups is 2. The minimum Gasteiger partial charge on any atom is -0.478 e. The topological polar surface area (TPSA) is 66.4 Å². The number of carboxylic acid groups (broad SMARTS) is 1. The van der Waals surface area contributed by atoms with Gasteiger partial charge in [0.1, 0.15) is 0 Å². The van der Waals surface area contributed by atoms with Crippen LogP contribution in [0.5, 0.6) is 0 Å². The summed E-state index contributed by atoms with van der Waals surface area (Å²) in [4.78, 5) is 23.2. The Morgan fingerprint density at radius 3 is 2.54 bits per heavy atom. The summed E-state index contributed by atoms with van der Waals surface area (Å²) in [5.74, 6) is -1.05. The number of nitrogens with one attached hydrogen (secondary N) is 1. The fourth-order valence-corrected chi connectivity index (χ4v) is 3.19. The molecule has 24 heavy (non-hydrogen) atoms. The Bertz CT molecular complexity index is 778. The molecule has 0 heterocycles. The summed E-state index contributed by atoms with van der Waals surface area (Å²) in [5.41, 5.74) is 3.58. The van der Waals surface area contributed by atoms with E-state index in [4.69, 9.17) is 5.11 Å². The quantitative estimate of drug-likeness (QED) is 0.858. The second-order valence-corrected chi connectivity index (χ2v) is 6.55. The first-order chi connectivity index (χ1) is 11.5. The van der Waals surface area contributed by atoms with E-state index in [1.807, 2.05) is 12.1 Å². The Morgan fingerprint density at radius 2 is 1.88 bits per heavy atom. The number of hydrogen-bond acceptors (Lipinski definition) is 2. The molecule has 4 nitrogen and oxygen atoms in total. The summed E-state index contributed by atoms with van der Waals surface area (Å²) in [5, 5.41) is 12.0. The van der Waals surface area contributed by atoms with Crippen LogP contribution in [-0.4, -0.2) is 23.5 Å². The van der Waals surface area contributed by atoms with Gasteiger partial charge in [0.2, 0.25) is 5.91 Å². The van der Waals surface area contributed by atoms with E-state index < -0.39 is 5.97 Å². The summed E-state index contributed by atoms with van der Waals surface area (Å²) in [6, 6.07) is 14.9. The average Bonchev–Trinajstić information content (AvgIpc) is 3.35. The molecule has 0 atom stereocenters. The normalized spacial score (nSPS) is 14.9. The van der Waals surface area contributed by atoms with Crippen molar-refractivity contribution in [1.29, 1.82) is 0 Å². The van der Waals surface area contributed by atoms with Crippen LogP contribution in [0.2, 0.25) is 0 Å². The number of rotatable bonds is 6. The lowest BCUT2D eigenvalue weighted by Crippen LogP contribution is -2.33. The highest BCUT2D eigenvalue weighted by molar-refractivity contribution is 5.88. The summed E-state index contributed by atoms with van der Waals surface area (Å²) in [6.45, 7) is 2.74. The first-order valence-electron chi connectivity index (χ1n) is 8.15. The second kappa shape index (κ2) is 6.48. The van der Waals surface area contributed by atoms with E-state index in [2.05, 4.69) is 24.4 Å². The zero-order chi connectivity index (χ0) is 17.2. The number of carbonyl (C=O) groups excluding carboxylic acids is 1. The van der Waals surface area contributed by atoms with Crippen LogP contribution in [0.4, 0.5) is 0 Å². The zero-order valence-corrected chi connectivity index (χ0v) is 13.7. The van der Waals surface area contributed by atoms with Crippen LogP contribution in [0, 0.1) is 6.92 Å². The lowest BCUT2D eigenvalue weighted by atomic mass is 9.92. The summed E-state index contributed by atoms with van der Waals surface area (Å²) in [6.07, 6.45) is 2.38. The molecular weight excluding hydrogens is 302 g/mol. The summed E-state index contributed by atoms with van der Waals surface area (Å²) in [7, 11) is 0. The molecule has 124 valence electrons. The van der Waals surface area contributed by atoms with Gasteiger partial charge in [0.05, 0.1) is 12.0 Å². The lowest BCUT2D eigenvalue weighted by molar-refractivity contribution is -0.120. The van der Waals surface area contributed by atoms with Gasteiger partial charge >= 0.3 is 5.97 Å². The van der Waals surface area contributed by atoms with Gasteiger partial charge in [0.15, 0.2) is 0 Å². The maximum atomic E-state index is 12.2. The monoisotopic (exact) mass is 323 g/mol. The minimum atomic E-state index is -0.978. The molecule has 2 aromatic carbocycles. The highest BCUT2D eigenvalue weighted by Gasteiger charge is 2.44. The average molecular weight is 323 g/mol. The molecule has 0 spiro atoms. The van der Waals surface area contributed by atoms with Crippen LogP contribution < -0.4 is 5.32 Å². The largest absolute Gasteiger partial charge is 0.478 e. The predicted octanol–water partition coefficient (Wildman–Crippen LogP) is 3.08. The fourth-order valence-electron chi connectivity index (χ4n) is 3.19. The van der Waals surface area contributed by atoms with Crippen LogP contribution in [0.1, 0.15) is 39.9 Å². The molecule has 0 aromatic heterocycles. The highest BCUT2D eigenvalue weighted by atomic mass is 16.4. The van der Waals surface area contributed by atoms with Crippen LogP contribution in [0.25, 0.3) is 0 Å². The Labute approximate surface area is 141 Å². The van der Waals surface area contributed by atoms with Gasteiger partial charge in [-0.05, 0) is 48.6 Å². The van der Waals surface area contributed by atoms with E-state index in [1.165, 1.54) is 17.2 Å². The standard InChI is InChI=1S/C20H21NO3/c1-14-5-2-3-8-17(14)20(9-10-20)13-21-18(22)12-15-6-4-7-16(11-15)19(23)24/h2-8,11H,9-10,12-13H2,1H3,(H,21,22)(H,23,24). The van der Waals surface area contributed by atoms with Gasteiger partial charge in [0.25, 0.3) is 0 Å². The molecule has 0 bridgehead atoms. The molecule has 3 rings (SSSR count). The third kappa shape index (κ3) is 3.48. The van der Waals surface area contributed by atoms with Crippen molar-refractivity contribution in [2.24, 2.45) is 0 Å². The number of carboxylic acids is 1. The van der Waals surface area contributed by atoms with Crippen molar-refractivity contribution in [3.05, 3.63) is 70.8 Å². The van der Waals surface area contributed by atoms with Crippen molar-refractivity contribution in [1.82, 2.24) is 5.32 Å². The van der Waals surface area contributed by atoms with Crippen molar-refractivity contribution < 1.29 is 14.7 Å². The van der Waals surface area contributed by atoms with Crippen molar-refractivity contribution in [2.75, 3.05) is 6.54 Å². The summed E-state index contributed by atoms with van der Waals surface area (Å²) >= 11 is 0. The first-order valence-corrected chi connectivity index (χ1v) is 8.15. The van der Waals surface area contributed by atoms with Gasteiger partial charge in [-0.25, -0.2) is 4.79 Å². The smallest absolute Gasteiger partial charge is 0.335 e. The third-order valence-corrected chi connectivity index (χ3v) is 4.73. The van der Waals surface area contributed by atoms with E-state index in [0.717, 1.165) is 12.8 Å². The van der Waals surface area contributed by atoms with E-state index in [1.54, 1.807) is 18.2 Å². The van der Waals surface area contributed by atoms with Gasteiger partial charge in [-0.2, -0.15) is 0 Å². The van der Waals surface area contributed by atoms with Crippen molar-refractivity contribution in [3.8, 4) is 0 Å². The molecule has 4 heteroatoms. The molecule has 0 unspecified atom stereocenters. The van der Waals surface area contributed by atoms with Crippen molar-refractivity contribution in [2.45, 2.75) is 31.6 Å². The fraction of sp³-hybridized carbons (Fsp3) is 0.300. The number of aromatic carboxylic acids is 1. The van der Waals surface area contributed by atoms with E-state index in [0.29, 0.717) is 12.1 Å². The minimum absolute atomic E-state index is 0.0719. The highest BCUT2D eigenvalue weighted by Crippen LogP contribution is 2.48. The first kappa shape index (κ1) is 16.2. The van der Waals surface area contributed by atoms with Crippen LogP contribution in [0.15, 0.2) is 48.5 Å². The van der Waals surface area contributed by atoms with Crippen LogP contribution in [0.3, 0.4) is 0 Å². The summed E-state index contributed by atoms with van der Waals surface area (Å²) < 4.78 is 0. The molecule has 1 aliphatic carbocycles. The number of benzene rings is 2. The van der Waals surface area contributed by atoms with E-state index >= 15 is 0 Å². The Kier molecular flexibility index (Phi) is 4.38. The van der Waals surface area contributed by atoms with Crippen LogP contribution >= 0.6 is 0 Å². The molecule has 1 aliphatic rings. The lowest BCUT2D eigenvalue weighted by Gasteiger charge is -2.19. The maximum Gasteiger partial charge on any atom is 0.335 e. The molecule has 1 amide bonds. The second-order valence-electron chi connectivity index (χ2n) is 6.55. The molecule has 2 aromatic rings. The molecule has 2 N–H and O–H groups in total. The Balaban J connectivity index is 1.61. The number of hydrogen-bond donors (Lipinski definition) is 2. The Morgan fingerprint density at radius 1 is 1.12 bits per heavy atom. The molecule has 0 saturated heterocycles. The van der Waals surface area contributed by atoms with Gasteiger partial charge < -0.3 is 10.4 Å². The van der Waals surface area contributed by atoms with Gasteiger partial charge in [-0.1, -0.05) is 36.4 Å². The van der Waals surface area contributed by atoms with Gasteiger partial charge in [0, 0.05) is 12.0 Å². The predicted molar refractivity (Wildman–Crippen MR) is 92.2 cm³/mol. The van der Waals surface area contributed by atoms with Gasteiger partial charge in [-0.3, -0.25) is 4.79 Å². The Hall–Kier alpha value is -2.62. The van der Waals surface area contributed by atoms with E-state index in [-0.39, 0.29) is 23.3 Å². The van der Waals surface area contributed by atoms with Gasteiger partial charge in [-0.15, -0.1) is 0 Å². The molecule has 0 radical (unpaired) electrons. The van der Waals surface area contributed by atoms with Crippen LogP contribution in [-0.2, 0) is 16.6 Å². The number of aryl methyl sites for hydroxylation is 1. The zero-order valence-electron chi connectivity index (χ0n) is 13.7. The van der Waals surface area contributed by atoms with Crippen molar-refractivity contribution >= 4 is 11.9 Å². The third-order valence-electron chi connectivity index (χ3n) is 4.73. The van der Waals surface area contributed by atoms with E-state index in [9.17, 15) is 9.59 Å². The molecule has 1 fully saturated rings. The number of amides is 1. The molecular formula is C20H21NO3. The molecule has 0 aliphatic heterocycles. The maximum absolute atomic E-state index is 12.2. The molecule has 1 saturated carbocycles.